The number of hydrogen-bond acceptors (Lipinski definition) is 3. The van der Waals surface area contributed by atoms with Crippen LogP contribution in [-0.2, 0) is 6.54 Å². The molecule has 2 rings (SSSR count). The summed E-state index contributed by atoms with van der Waals surface area (Å²) in [5.74, 6) is 0.718. The van der Waals surface area contributed by atoms with Crippen LogP contribution in [0.4, 0.5) is 0 Å². The first-order valence-corrected chi connectivity index (χ1v) is 8.53. The normalized spacial score (nSPS) is 23.7. The van der Waals surface area contributed by atoms with Crippen molar-refractivity contribution >= 4 is 11.6 Å². The molecule has 0 aliphatic carbocycles. The molecule has 0 radical (unpaired) electrons. The molecule has 4 heteroatoms. The van der Waals surface area contributed by atoms with E-state index in [1.165, 1.54) is 24.8 Å². The molecule has 2 atom stereocenters. The van der Waals surface area contributed by atoms with Gasteiger partial charge in [0.2, 0.25) is 0 Å². The summed E-state index contributed by atoms with van der Waals surface area (Å²) in [6.07, 6.45) is 7.30. The topological polar surface area (TPSA) is 28.2 Å². The van der Waals surface area contributed by atoms with Gasteiger partial charge in [-0.1, -0.05) is 38.8 Å². The van der Waals surface area contributed by atoms with Crippen molar-refractivity contribution in [3.8, 4) is 0 Å². The molecule has 21 heavy (non-hydrogen) atoms. The summed E-state index contributed by atoms with van der Waals surface area (Å²) in [6, 6.07) is 3.26. The van der Waals surface area contributed by atoms with Crippen LogP contribution in [0.5, 0.6) is 0 Å². The van der Waals surface area contributed by atoms with Crippen molar-refractivity contribution in [2.24, 2.45) is 5.92 Å². The molecule has 0 amide bonds. The minimum absolute atomic E-state index is 0.599. The minimum atomic E-state index is 0.599. The van der Waals surface area contributed by atoms with E-state index in [9.17, 15) is 0 Å². The molecular weight excluding hydrogens is 282 g/mol. The Morgan fingerprint density at radius 1 is 1.48 bits per heavy atom. The van der Waals surface area contributed by atoms with Gasteiger partial charge in [-0.25, -0.2) is 0 Å². The van der Waals surface area contributed by atoms with Gasteiger partial charge < -0.3 is 5.32 Å². The molecule has 0 spiro atoms. The average Bonchev–Trinajstić information content (AvgIpc) is 2.44. The van der Waals surface area contributed by atoms with Crippen molar-refractivity contribution in [2.75, 3.05) is 13.1 Å². The van der Waals surface area contributed by atoms with Crippen LogP contribution >= 0.6 is 11.6 Å². The van der Waals surface area contributed by atoms with E-state index in [0.717, 1.165) is 30.6 Å². The van der Waals surface area contributed by atoms with E-state index in [0.29, 0.717) is 12.1 Å². The Bertz CT molecular complexity index is 436. The van der Waals surface area contributed by atoms with Crippen molar-refractivity contribution in [3.63, 3.8) is 0 Å². The summed E-state index contributed by atoms with van der Waals surface area (Å²) in [5, 5.41) is 4.50. The molecule has 1 fully saturated rings. The number of hydrogen-bond donors (Lipinski definition) is 1. The lowest BCUT2D eigenvalue weighted by molar-refractivity contribution is 0.103. The van der Waals surface area contributed by atoms with Gasteiger partial charge in [0.05, 0.1) is 5.02 Å². The molecule has 1 aliphatic rings. The van der Waals surface area contributed by atoms with E-state index in [2.05, 4.69) is 36.0 Å². The Morgan fingerprint density at radius 2 is 2.29 bits per heavy atom. The second-order valence-corrected chi connectivity index (χ2v) is 6.98. The number of aromatic nitrogens is 1. The molecule has 1 saturated heterocycles. The quantitative estimate of drug-likeness (QED) is 0.868. The van der Waals surface area contributed by atoms with Crippen LogP contribution in [0, 0.1) is 5.92 Å². The predicted molar refractivity (Wildman–Crippen MR) is 89.6 cm³/mol. The maximum atomic E-state index is 6.29. The number of nitrogens with zero attached hydrogens (tertiary/aromatic N) is 2. The number of rotatable bonds is 6. The van der Waals surface area contributed by atoms with Gasteiger partial charge in [-0.2, -0.15) is 0 Å². The fourth-order valence-corrected chi connectivity index (χ4v) is 3.37. The third-order valence-corrected chi connectivity index (χ3v) is 4.56. The number of pyridine rings is 1. The molecule has 0 aromatic carbocycles. The van der Waals surface area contributed by atoms with Crippen LogP contribution < -0.4 is 5.32 Å². The van der Waals surface area contributed by atoms with Gasteiger partial charge in [0, 0.05) is 44.1 Å². The zero-order valence-electron chi connectivity index (χ0n) is 13.5. The molecule has 1 aromatic rings. The van der Waals surface area contributed by atoms with Gasteiger partial charge in [0.1, 0.15) is 0 Å². The fraction of sp³-hybridized carbons (Fsp3) is 0.706. The second kappa shape index (κ2) is 8.11. The summed E-state index contributed by atoms with van der Waals surface area (Å²) in [5.41, 5.74) is 1.19. The van der Waals surface area contributed by atoms with Crippen LogP contribution in [-0.4, -0.2) is 35.1 Å². The zero-order valence-corrected chi connectivity index (χ0v) is 14.2. The van der Waals surface area contributed by atoms with Gasteiger partial charge in [-0.15, -0.1) is 0 Å². The van der Waals surface area contributed by atoms with Gasteiger partial charge >= 0.3 is 0 Å². The highest BCUT2D eigenvalue weighted by Gasteiger charge is 2.28. The van der Waals surface area contributed by atoms with E-state index in [-0.39, 0.29) is 0 Å². The Balaban J connectivity index is 2.07. The molecule has 2 heterocycles. The zero-order chi connectivity index (χ0) is 15.2. The maximum absolute atomic E-state index is 6.29. The molecule has 1 aromatic heterocycles. The lowest BCUT2D eigenvalue weighted by Crippen LogP contribution is -2.56. The van der Waals surface area contributed by atoms with Crippen molar-refractivity contribution in [2.45, 2.75) is 58.7 Å². The Labute approximate surface area is 134 Å². The van der Waals surface area contributed by atoms with Gasteiger partial charge in [0.25, 0.3) is 0 Å². The van der Waals surface area contributed by atoms with Crippen molar-refractivity contribution in [1.29, 1.82) is 0 Å². The summed E-state index contributed by atoms with van der Waals surface area (Å²) >= 11 is 6.29. The summed E-state index contributed by atoms with van der Waals surface area (Å²) in [7, 11) is 0. The first kappa shape index (κ1) is 16.7. The maximum Gasteiger partial charge on any atom is 0.0634 e. The van der Waals surface area contributed by atoms with Crippen LogP contribution in [0.3, 0.4) is 0 Å². The first-order valence-electron chi connectivity index (χ1n) is 8.16. The number of nitrogens with one attached hydrogen (secondary N) is 1. The van der Waals surface area contributed by atoms with E-state index in [4.69, 9.17) is 11.6 Å². The molecule has 0 bridgehead atoms. The van der Waals surface area contributed by atoms with E-state index < -0.39 is 0 Å². The van der Waals surface area contributed by atoms with E-state index in [1.807, 2.05) is 12.3 Å². The fourth-order valence-electron chi connectivity index (χ4n) is 3.19. The summed E-state index contributed by atoms with van der Waals surface area (Å²) in [6.45, 7) is 9.99. The number of halogens is 1. The Morgan fingerprint density at radius 3 is 2.95 bits per heavy atom. The molecule has 1 aliphatic heterocycles. The molecule has 0 saturated carbocycles. The standard InChI is InChI=1S/C17H28ClN3/c1-4-5-15-12-21(16(9-20-15)8-13(2)3)11-14-6-7-19-10-17(14)18/h6-7,10,13,15-16,20H,4-5,8-9,11-12H2,1-3H3. The van der Waals surface area contributed by atoms with Crippen molar-refractivity contribution < 1.29 is 0 Å². The van der Waals surface area contributed by atoms with Gasteiger partial charge in [0.15, 0.2) is 0 Å². The highest BCUT2D eigenvalue weighted by Crippen LogP contribution is 2.22. The molecule has 3 nitrogen and oxygen atoms in total. The van der Waals surface area contributed by atoms with Gasteiger partial charge in [-0.05, 0) is 30.4 Å². The molecule has 1 N–H and O–H groups in total. The average molecular weight is 310 g/mol. The van der Waals surface area contributed by atoms with E-state index >= 15 is 0 Å². The summed E-state index contributed by atoms with van der Waals surface area (Å²) in [4.78, 5) is 6.70. The van der Waals surface area contributed by atoms with Crippen molar-refractivity contribution in [3.05, 3.63) is 29.0 Å². The highest BCUT2D eigenvalue weighted by molar-refractivity contribution is 6.31. The molecular formula is C17H28ClN3. The third kappa shape index (κ3) is 4.94. The first-order chi connectivity index (χ1) is 10.1. The SMILES string of the molecule is CCCC1CN(Cc2ccncc2Cl)C(CC(C)C)CN1. The second-order valence-electron chi connectivity index (χ2n) is 6.57. The van der Waals surface area contributed by atoms with Gasteiger partial charge in [-0.3, -0.25) is 9.88 Å². The monoisotopic (exact) mass is 309 g/mol. The third-order valence-electron chi connectivity index (χ3n) is 4.22. The van der Waals surface area contributed by atoms with Crippen LogP contribution in [0.1, 0.15) is 45.6 Å². The largest absolute Gasteiger partial charge is 0.311 e. The predicted octanol–water partition coefficient (Wildman–Crippen LogP) is 3.72. The number of piperazine rings is 1. The summed E-state index contributed by atoms with van der Waals surface area (Å²) < 4.78 is 0. The molecule has 2 unspecified atom stereocenters. The smallest absolute Gasteiger partial charge is 0.0634 e. The van der Waals surface area contributed by atoms with Crippen LogP contribution in [0.2, 0.25) is 5.02 Å². The lowest BCUT2D eigenvalue weighted by atomic mass is 9.97. The molecule has 118 valence electrons. The Hall–Kier alpha value is -0.640. The van der Waals surface area contributed by atoms with E-state index in [1.54, 1.807) is 6.20 Å². The van der Waals surface area contributed by atoms with Crippen LogP contribution in [0.15, 0.2) is 18.5 Å². The van der Waals surface area contributed by atoms with Crippen LogP contribution in [0.25, 0.3) is 0 Å². The Kier molecular flexibility index (Phi) is 6.46. The minimum Gasteiger partial charge on any atom is -0.311 e. The van der Waals surface area contributed by atoms with Crippen molar-refractivity contribution in [1.82, 2.24) is 15.2 Å². The lowest BCUT2D eigenvalue weighted by Gasteiger charge is -2.41. The highest BCUT2D eigenvalue weighted by atomic mass is 35.5.